The molecule has 0 heterocycles. The summed E-state index contributed by atoms with van der Waals surface area (Å²) >= 11 is 0. The second-order valence-electron chi connectivity index (χ2n) is 3.40. The van der Waals surface area contributed by atoms with Gasteiger partial charge >= 0.3 is 12.0 Å². The first-order valence-electron chi connectivity index (χ1n) is 4.20. The molecule has 0 bridgehead atoms. The van der Waals surface area contributed by atoms with Gasteiger partial charge in [0.2, 0.25) is 0 Å². The van der Waals surface area contributed by atoms with E-state index in [2.05, 4.69) is 11.9 Å². The minimum atomic E-state index is -1.22. The van der Waals surface area contributed by atoms with Crippen molar-refractivity contribution < 1.29 is 14.7 Å². The van der Waals surface area contributed by atoms with E-state index in [1.807, 2.05) is 0 Å². The fraction of sp³-hybridized carbons (Fsp3) is 0.556. The van der Waals surface area contributed by atoms with Gasteiger partial charge in [0, 0.05) is 13.6 Å². The van der Waals surface area contributed by atoms with Crippen LogP contribution in [0.1, 0.15) is 13.8 Å². The average Bonchev–Trinajstić information content (AvgIpc) is 2.12. The maximum atomic E-state index is 11.4. The van der Waals surface area contributed by atoms with Crippen LogP contribution >= 0.6 is 0 Å². The van der Waals surface area contributed by atoms with E-state index >= 15 is 0 Å². The molecule has 0 saturated heterocycles. The zero-order valence-electron chi connectivity index (χ0n) is 8.70. The summed E-state index contributed by atoms with van der Waals surface area (Å²) in [7, 11) is 1.44. The van der Waals surface area contributed by atoms with Crippen LogP contribution in [0.2, 0.25) is 0 Å². The first-order chi connectivity index (χ1) is 6.34. The van der Waals surface area contributed by atoms with Crippen LogP contribution in [0.5, 0.6) is 0 Å². The van der Waals surface area contributed by atoms with Crippen LogP contribution in [-0.2, 0) is 4.79 Å². The summed E-state index contributed by atoms with van der Waals surface area (Å²) in [6.07, 6.45) is 1.53. The molecule has 2 amide bonds. The Morgan fingerprint density at radius 1 is 1.57 bits per heavy atom. The highest BCUT2D eigenvalue weighted by Crippen LogP contribution is 2.11. The third-order valence-electron chi connectivity index (χ3n) is 2.06. The van der Waals surface area contributed by atoms with Crippen molar-refractivity contribution in [2.75, 3.05) is 13.6 Å². The predicted octanol–water partition coefficient (Wildman–Crippen LogP) is 0.677. The van der Waals surface area contributed by atoms with Crippen molar-refractivity contribution in [3.8, 4) is 0 Å². The van der Waals surface area contributed by atoms with Gasteiger partial charge in [-0.1, -0.05) is 6.08 Å². The van der Waals surface area contributed by atoms with Crippen LogP contribution < -0.4 is 5.32 Å². The summed E-state index contributed by atoms with van der Waals surface area (Å²) < 4.78 is 0. The Balaban J connectivity index is 4.44. The fourth-order valence-corrected chi connectivity index (χ4v) is 0.675. The highest BCUT2D eigenvalue weighted by atomic mass is 16.4. The van der Waals surface area contributed by atoms with Crippen molar-refractivity contribution >= 4 is 12.0 Å². The van der Waals surface area contributed by atoms with Crippen molar-refractivity contribution in [2.24, 2.45) is 0 Å². The number of hydrogen-bond donors (Lipinski definition) is 2. The predicted molar refractivity (Wildman–Crippen MR) is 53.1 cm³/mol. The van der Waals surface area contributed by atoms with Crippen molar-refractivity contribution in [2.45, 2.75) is 19.4 Å². The molecule has 0 aliphatic rings. The molecule has 0 saturated carbocycles. The largest absolute Gasteiger partial charge is 0.480 e. The minimum absolute atomic E-state index is 0.318. The van der Waals surface area contributed by atoms with Gasteiger partial charge in [0.15, 0.2) is 0 Å². The van der Waals surface area contributed by atoms with Crippen molar-refractivity contribution in [1.82, 2.24) is 10.2 Å². The minimum Gasteiger partial charge on any atom is -0.480 e. The number of amides is 2. The van der Waals surface area contributed by atoms with Crippen molar-refractivity contribution in [1.29, 1.82) is 0 Å². The van der Waals surface area contributed by atoms with E-state index in [1.165, 1.54) is 27.0 Å². The number of rotatable bonds is 4. The molecule has 5 heteroatoms. The molecule has 80 valence electrons. The number of carbonyl (C=O) groups excluding carboxylic acids is 1. The van der Waals surface area contributed by atoms with Gasteiger partial charge in [0.25, 0.3) is 0 Å². The molecule has 0 rings (SSSR count). The molecule has 0 aromatic carbocycles. The Morgan fingerprint density at radius 3 is 2.43 bits per heavy atom. The van der Waals surface area contributed by atoms with Gasteiger partial charge in [-0.15, -0.1) is 6.58 Å². The highest BCUT2D eigenvalue weighted by Gasteiger charge is 2.34. The molecule has 0 aliphatic carbocycles. The van der Waals surface area contributed by atoms with Gasteiger partial charge in [-0.3, -0.25) is 0 Å². The van der Waals surface area contributed by atoms with E-state index in [-0.39, 0.29) is 0 Å². The van der Waals surface area contributed by atoms with Gasteiger partial charge in [-0.05, 0) is 13.8 Å². The zero-order valence-corrected chi connectivity index (χ0v) is 8.70. The number of nitrogens with zero attached hydrogens (tertiary/aromatic N) is 1. The fourth-order valence-electron chi connectivity index (χ4n) is 0.675. The molecule has 0 fully saturated rings. The smallest absolute Gasteiger partial charge is 0.329 e. The highest BCUT2D eigenvalue weighted by molar-refractivity contribution is 5.85. The van der Waals surface area contributed by atoms with Crippen LogP contribution in [0.4, 0.5) is 4.79 Å². The Bertz CT molecular complexity index is 248. The van der Waals surface area contributed by atoms with E-state index in [0.29, 0.717) is 6.54 Å². The number of urea groups is 1. The van der Waals surface area contributed by atoms with Gasteiger partial charge in [0.1, 0.15) is 5.54 Å². The molecule has 0 radical (unpaired) electrons. The first kappa shape index (κ1) is 12.5. The normalized spacial score (nSPS) is 10.5. The Kier molecular flexibility index (Phi) is 4.14. The van der Waals surface area contributed by atoms with Gasteiger partial charge in [-0.2, -0.15) is 0 Å². The van der Waals surface area contributed by atoms with Crippen molar-refractivity contribution in [3.63, 3.8) is 0 Å². The van der Waals surface area contributed by atoms with E-state index in [1.54, 1.807) is 0 Å². The maximum absolute atomic E-state index is 11.4. The van der Waals surface area contributed by atoms with Crippen LogP contribution in [-0.4, -0.2) is 41.1 Å². The molecular formula is C9H16N2O3. The molecular weight excluding hydrogens is 184 g/mol. The number of hydrogen-bond acceptors (Lipinski definition) is 2. The SMILES string of the molecule is C=CCNC(=O)N(C)C(C)(C)C(=O)O. The summed E-state index contributed by atoms with van der Waals surface area (Å²) in [5, 5.41) is 11.3. The lowest BCUT2D eigenvalue weighted by Gasteiger charge is -2.31. The second kappa shape index (κ2) is 4.64. The molecule has 2 N–H and O–H groups in total. The van der Waals surface area contributed by atoms with Crippen LogP contribution in [0.15, 0.2) is 12.7 Å². The average molecular weight is 200 g/mol. The Morgan fingerprint density at radius 2 is 2.07 bits per heavy atom. The Labute approximate surface area is 83.4 Å². The molecule has 0 aromatic rings. The number of carboxylic acid groups (broad SMARTS) is 1. The molecule has 0 aliphatic heterocycles. The molecule has 14 heavy (non-hydrogen) atoms. The quantitative estimate of drug-likeness (QED) is 0.655. The number of nitrogens with one attached hydrogen (secondary N) is 1. The number of carbonyl (C=O) groups is 2. The molecule has 5 nitrogen and oxygen atoms in total. The maximum Gasteiger partial charge on any atom is 0.329 e. The third kappa shape index (κ3) is 2.76. The summed E-state index contributed by atoms with van der Waals surface area (Å²) in [5.74, 6) is -1.05. The number of carboxylic acids is 1. The lowest BCUT2D eigenvalue weighted by molar-refractivity contribution is -0.146. The van der Waals surface area contributed by atoms with Gasteiger partial charge < -0.3 is 15.3 Å². The summed E-state index contributed by atoms with van der Waals surface area (Å²) in [4.78, 5) is 23.3. The lowest BCUT2D eigenvalue weighted by Crippen LogP contribution is -2.54. The molecule has 0 unspecified atom stereocenters. The molecule has 0 aromatic heterocycles. The monoisotopic (exact) mass is 200 g/mol. The zero-order chi connectivity index (χ0) is 11.4. The van der Waals surface area contributed by atoms with Crippen LogP contribution in [0.3, 0.4) is 0 Å². The summed E-state index contributed by atoms with van der Waals surface area (Å²) in [6, 6.07) is -0.433. The first-order valence-corrected chi connectivity index (χ1v) is 4.20. The number of aliphatic carboxylic acids is 1. The summed E-state index contributed by atoms with van der Waals surface area (Å²) in [6.45, 7) is 6.68. The van der Waals surface area contributed by atoms with Gasteiger partial charge in [-0.25, -0.2) is 9.59 Å². The molecule has 0 spiro atoms. The second-order valence-corrected chi connectivity index (χ2v) is 3.40. The Hall–Kier alpha value is -1.52. The van der Waals surface area contributed by atoms with E-state index in [4.69, 9.17) is 5.11 Å². The lowest BCUT2D eigenvalue weighted by atomic mass is 10.1. The van der Waals surface area contributed by atoms with E-state index in [0.717, 1.165) is 4.90 Å². The number of likely N-dealkylation sites (N-methyl/N-ethyl adjacent to an activating group) is 1. The topological polar surface area (TPSA) is 69.6 Å². The van der Waals surface area contributed by atoms with Gasteiger partial charge in [0.05, 0.1) is 0 Å². The van der Waals surface area contributed by atoms with Crippen LogP contribution in [0.25, 0.3) is 0 Å². The van der Waals surface area contributed by atoms with E-state index in [9.17, 15) is 9.59 Å². The standard InChI is InChI=1S/C9H16N2O3/c1-5-6-10-8(14)11(4)9(2,3)7(12)13/h5H,1,6H2,2-4H3,(H,10,14)(H,12,13). The van der Waals surface area contributed by atoms with Crippen LogP contribution in [0, 0.1) is 0 Å². The third-order valence-corrected chi connectivity index (χ3v) is 2.06. The summed E-state index contributed by atoms with van der Waals surface area (Å²) in [5.41, 5.74) is -1.22. The van der Waals surface area contributed by atoms with Crippen molar-refractivity contribution in [3.05, 3.63) is 12.7 Å². The molecule has 0 atom stereocenters. The van der Waals surface area contributed by atoms with E-state index < -0.39 is 17.5 Å².